The molecule has 3 amide bonds. The molecule has 1 atom stereocenters. The Morgan fingerprint density at radius 2 is 1.46 bits per heavy atom. The number of rotatable bonds is 6. The number of hydrogen-bond donors (Lipinski definition) is 1. The van der Waals surface area contributed by atoms with E-state index in [1.165, 1.54) is 0 Å². The molecule has 1 heterocycles. The maximum atomic E-state index is 12.4. The lowest BCUT2D eigenvalue weighted by Gasteiger charge is -2.26. The second-order valence-corrected chi connectivity index (χ2v) is 8.32. The second-order valence-electron chi connectivity index (χ2n) is 8.32. The molecule has 1 saturated heterocycles. The Bertz CT molecular complexity index is 629. The number of nitrogens with one attached hydrogen (secondary N) is 1. The van der Waals surface area contributed by atoms with Gasteiger partial charge >= 0.3 is 18.0 Å². The van der Waals surface area contributed by atoms with E-state index in [4.69, 9.17) is 14.3 Å². The predicted molar refractivity (Wildman–Crippen MR) is 95.4 cm³/mol. The molecular weight excluding hydrogens is 372 g/mol. The van der Waals surface area contributed by atoms with Crippen molar-refractivity contribution in [3.8, 4) is 0 Å². The Morgan fingerprint density at radius 1 is 0.964 bits per heavy atom. The SMILES string of the molecule is CC(C)(C)OC(=O)N[C@@H](CCC(=O)ON1C(=O)CCC1=O)C(=O)OC(C)(C)C. The lowest BCUT2D eigenvalue weighted by atomic mass is 10.1. The number of carbonyl (C=O) groups excluding carboxylic acids is 5. The first kappa shape index (κ1) is 23.4. The first-order chi connectivity index (χ1) is 12.7. The van der Waals surface area contributed by atoms with Gasteiger partial charge in [0.05, 0.1) is 6.42 Å². The zero-order valence-corrected chi connectivity index (χ0v) is 17.1. The summed E-state index contributed by atoms with van der Waals surface area (Å²) in [5, 5.41) is 2.79. The van der Waals surface area contributed by atoms with E-state index in [0.29, 0.717) is 5.06 Å². The molecule has 1 aliphatic rings. The average Bonchev–Trinajstić information content (AvgIpc) is 2.79. The van der Waals surface area contributed by atoms with Gasteiger partial charge in [-0.3, -0.25) is 9.59 Å². The van der Waals surface area contributed by atoms with Crippen LogP contribution in [0.25, 0.3) is 0 Å². The maximum Gasteiger partial charge on any atom is 0.408 e. The molecule has 28 heavy (non-hydrogen) atoms. The Kier molecular flexibility index (Phi) is 7.54. The van der Waals surface area contributed by atoms with Crippen molar-refractivity contribution >= 4 is 29.8 Å². The van der Waals surface area contributed by atoms with E-state index < -0.39 is 47.1 Å². The monoisotopic (exact) mass is 400 g/mol. The van der Waals surface area contributed by atoms with Crippen LogP contribution >= 0.6 is 0 Å². The third-order valence-corrected chi connectivity index (χ3v) is 3.22. The van der Waals surface area contributed by atoms with E-state index in [2.05, 4.69) is 5.32 Å². The maximum absolute atomic E-state index is 12.4. The van der Waals surface area contributed by atoms with E-state index in [1.54, 1.807) is 41.5 Å². The fourth-order valence-corrected chi connectivity index (χ4v) is 2.14. The highest BCUT2D eigenvalue weighted by atomic mass is 16.7. The largest absolute Gasteiger partial charge is 0.458 e. The lowest BCUT2D eigenvalue weighted by molar-refractivity contribution is -0.197. The minimum absolute atomic E-state index is 0.0210. The number of imide groups is 1. The van der Waals surface area contributed by atoms with Crippen molar-refractivity contribution in [2.75, 3.05) is 0 Å². The van der Waals surface area contributed by atoms with Gasteiger partial charge in [0.25, 0.3) is 11.8 Å². The highest BCUT2D eigenvalue weighted by Gasteiger charge is 2.34. The predicted octanol–water partition coefficient (Wildman–Crippen LogP) is 1.61. The van der Waals surface area contributed by atoms with Crippen molar-refractivity contribution in [2.45, 2.75) is 84.5 Å². The molecule has 1 fully saturated rings. The molecule has 10 nitrogen and oxygen atoms in total. The van der Waals surface area contributed by atoms with Crippen molar-refractivity contribution in [1.29, 1.82) is 0 Å². The summed E-state index contributed by atoms with van der Waals surface area (Å²) in [5.41, 5.74) is -1.59. The van der Waals surface area contributed by atoms with Gasteiger partial charge in [-0.05, 0) is 48.0 Å². The zero-order valence-electron chi connectivity index (χ0n) is 17.1. The van der Waals surface area contributed by atoms with Crippen molar-refractivity contribution in [1.82, 2.24) is 10.4 Å². The smallest absolute Gasteiger partial charge is 0.408 e. The normalized spacial score (nSPS) is 15.9. The molecular formula is C18H28N2O8. The van der Waals surface area contributed by atoms with Gasteiger partial charge in [-0.1, -0.05) is 0 Å². The van der Waals surface area contributed by atoms with Crippen LogP contribution in [0.5, 0.6) is 0 Å². The number of hydroxylamine groups is 2. The number of alkyl carbamates (subject to hydrolysis) is 1. The zero-order chi connectivity index (χ0) is 21.7. The minimum atomic E-state index is -1.17. The quantitative estimate of drug-likeness (QED) is 0.526. The van der Waals surface area contributed by atoms with Gasteiger partial charge < -0.3 is 19.6 Å². The molecule has 0 aromatic carbocycles. The fourth-order valence-electron chi connectivity index (χ4n) is 2.14. The molecule has 1 N–H and O–H groups in total. The molecule has 10 heteroatoms. The van der Waals surface area contributed by atoms with E-state index in [-0.39, 0.29) is 25.7 Å². The molecule has 0 saturated carbocycles. The standard InChI is InChI=1S/C18H28N2O8/c1-17(2,3)26-15(24)11(19-16(25)27-18(4,5)6)7-10-14(23)28-20-12(21)8-9-13(20)22/h11H,7-10H2,1-6H3,(H,19,25)/t11-/m0/s1. The summed E-state index contributed by atoms with van der Waals surface area (Å²) in [6, 6.07) is -1.17. The van der Waals surface area contributed by atoms with Crippen LogP contribution in [-0.2, 0) is 33.5 Å². The van der Waals surface area contributed by atoms with E-state index >= 15 is 0 Å². The summed E-state index contributed by atoms with van der Waals surface area (Å²) >= 11 is 0. The third kappa shape index (κ3) is 8.36. The van der Waals surface area contributed by atoms with Crippen LogP contribution in [0.1, 0.15) is 67.2 Å². The Balaban J connectivity index is 2.71. The molecule has 0 bridgehead atoms. The van der Waals surface area contributed by atoms with Crippen LogP contribution < -0.4 is 5.32 Å². The van der Waals surface area contributed by atoms with Crippen molar-refractivity contribution < 1.29 is 38.3 Å². The molecule has 0 radical (unpaired) electrons. The minimum Gasteiger partial charge on any atom is -0.458 e. The molecule has 0 spiro atoms. The van der Waals surface area contributed by atoms with Gasteiger partial charge in [-0.2, -0.15) is 0 Å². The number of hydrogen-bond acceptors (Lipinski definition) is 8. The second kappa shape index (κ2) is 9.03. The number of carbonyl (C=O) groups is 5. The topological polar surface area (TPSA) is 128 Å². The first-order valence-corrected chi connectivity index (χ1v) is 8.97. The van der Waals surface area contributed by atoms with Crippen LogP contribution in [-0.4, -0.2) is 52.2 Å². The van der Waals surface area contributed by atoms with Gasteiger partial charge in [0.2, 0.25) is 0 Å². The summed E-state index contributed by atoms with van der Waals surface area (Å²) in [4.78, 5) is 64.0. The molecule has 1 rings (SSSR count). The summed E-state index contributed by atoms with van der Waals surface area (Å²) in [6.07, 6.45) is -1.39. The van der Waals surface area contributed by atoms with Gasteiger partial charge in [0.1, 0.15) is 17.2 Å². The Morgan fingerprint density at radius 3 is 1.93 bits per heavy atom. The summed E-state index contributed by atoms with van der Waals surface area (Å²) in [6.45, 7) is 9.97. The molecule has 0 unspecified atom stereocenters. The summed E-state index contributed by atoms with van der Waals surface area (Å²) in [5.74, 6) is -2.84. The average molecular weight is 400 g/mol. The van der Waals surface area contributed by atoms with Gasteiger partial charge in [0.15, 0.2) is 0 Å². The first-order valence-electron chi connectivity index (χ1n) is 8.97. The van der Waals surface area contributed by atoms with Crippen molar-refractivity contribution in [2.24, 2.45) is 0 Å². The fraction of sp³-hybridized carbons (Fsp3) is 0.722. The highest BCUT2D eigenvalue weighted by molar-refractivity contribution is 6.01. The molecule has 0 aliphatic carbocycles. The summed E-state index contributed by atoms with van der Waals surface area (Å²) in [7, 11) is 0. The number of ether oxygens (including phenoxy) is 2. The lowest BCUT2D eigenvalue weighted by Crippen LogP contribution is -2.46. The van der Waals surface area contributed by atoms with Crippen LogP contribution in [0.15, 0.2) is 0 Å². The van der Waals surface area contributed by atoms with Crippen molar-refractivity contribution in [3.05, 3.63) is 0 Å². The van der Waals surface area contributed by atoms with Crippen LogP contribution in [0.3, 0.4) is 0 Å². The van der Waals surface area contributed by atoms with Gasteiger partial charge in [-0.25, -0.2) is 14.4 Å². The molecule has 158 valence electrons. The highest BCUT2D eigenvalue weighted by Crippen LogP contribution is 2.15. The van der Waals surface area contributed by atoms with Crippen LogP contribution in [0.2, 0.25) is 0 Å². The number of esters is 1. The molecule has 0 aromatic rings. The van der Waals surface area contributed by atoms with E-state index in [0.717, 1.165) is 0 Å². The van der Waals surface area contributed by atoms with E-state index in [9.17, 15) is 24.0 Å². The van der Waals surface area contributed by atoms with Crippen molar-refractivity contribution in [3.63, 3.8) is 0 Å². The summed E-state index contributed by atoms with van der Waals surface area (Å²) < 4.78 is 10.4. The van der Waals surface area contributed by atoms with Gasteiger partial charge in [-0.15, -0.1) is 5.06 Å². The van der Waals surface area contributed by atoms with E-state index in [1.807, 2.05) is 0 Å². The Hall–Kier alpha value is -2.65. The van der Waals surface area contributed by atoms with Gasteiger partial charge in [0, 0.05) is 12.8 Å². The van der Waals surface area contributed by atoms with Crippen LogP contribution in [0.4, 0.5) is 4.79 Å². The third-order valence-electron chi connectivity index (χ3n) is 3.22. The number of nitrogens with zero attached hydrogens (tertiary/aromatic N) is 1. The van der Waals surface area contributed by atoms with Crippen LogP contribution in [0, 0.1) is 0 Å². The molecule has 0 aromatic heterocycles. The molecule has 1 aliphatic heterocycles. The Labute approximate surface area is 163 Å². The number of amides is 3.